The van der Waals surface area contributed by atoms with E-state index < -0.39 is 0 Å². The summed E-state index contributed by atoms with van der Waals surface area (Å²) in [4.78, 5) is 12.1. The van der Waals surface area contributed by atoms with Crippen LogP contribution in [-0.2, 0) is 6.42 Å². The number of benzene rings is 2. The zero-order valence-electron chi connectivity index (χ0n) is 11.2. The molecule has 0 heterocycles. The summed E-state index contributed by atoms with van der Waals surface area (Å²) in [6.45, 7) is 1.89. The van der Waals surface area contributed by atoms with Gasteiger partial charge < -0.3 is 0 Å². The molecule has 0 aliphatic rings. The number of rotatable bonds is 5. The van der Waals surface area contributed by atoms with Crippen LogP contribution in [0.2, 0.25) is 0 Å². The topological polar surface area (TPSA) is 17.1 Å². The molecule has 0 fully saturated rings. The van der Waals surface area contributed by atoms with E-state index in [1.54, 1.807) is 0 Å². The Morgan fingerprint density at radius 1 is 0.947 bits per heavy atom. The lowest BCUT2D eigenvalue weighted by molar-refractivity contribution is 0.103. The number of hydrogen-bond acceptors (Lipinski definition) is 1. The third-order valence-electron chi connectivity index (χ3n) is 3.12. The van der Waals surface area contributed by atoms with Crippen LogP contribution in [0.4, 0.5) is 0 Å². The quantitative estimate of drug-likeness (QED) is 0.566. The van der Waals surface area contributed by atoms with E-state index in [-0.39, 0.29) is 5.78 Å². The van der Waals surface area contributed by atoms with Crippen molar-refractivity contribution >= 4 is 5.78 Å². The number of carbonyl (C=O) groups excluding carboxylic acids is 1. The van der Waals surface area contributed by atoms with Crippen LogP contribution in [0, 0.1) is 0 Å². The molecule has 0 aliphatic heterocycles. The second-order valence-corrected chi connectivity index (χ2v) is 4.61. The fourth-order valence-corrected chi connectivity index (χ4v) is 2.01. The van der Waals surface area contributed by atoms with Crippen LogP contribution in [0.25, 0.3) is 0 Å². The van der Waals surface area contributed by atoms with Crippen molar-refractivity contribution in [2.45, 2.75) is 19.8 Å². The van der Waals surface area contributed by atoms with Crippen molar-refractivity contribution in [3.8, 4) is 0 Å². The van der Waals surface area contributed by atoms with Crippen molar-refractivity contribution in [1.82, 2.24) is 0 Å². The highest BCUT2D eigenvalue weighted by Crippen LogP contribution is 2.10. The number of hydrogen-bond donors (Lipinski definition) is 0. The molecule has 0 N–H and O–H groups in total. The van der Waals surface area contributed by atoms with Crippen LogP contribution in [0.3, 0.4) is 0 Å². The molecule has 1 heteroatoms. The van der Waals surface area contributed by atoms with E-state index in [2.05, 4.69) is 12.1 Å². The molecule has 0 atom stereocenters. The minimum absolute atomic E-state index is 0.119. The van der Waals surface area contributed by atoms with Gasteiger partial charge in [0.1, 0.15) is 0 Å². The van der Waals surface area contributed by atoms with E-state index in [4.69, 9.17) is 0 Å². The van der Waals surface area contributed by atoms with E-state index >= 15 is 0 Å². The summed E-state index contributed by atoms with van der Waals surface area (Å²) in [6, 6.07) is 19.8. The Balaban J connectivity index is 1.94. The van der Waals surface area contributed by atoms with Gasteiger partial charge in [0.15, 0.2) is 5.78 Å². The predicted octanol–water partition coefficient (Wildman–Crippen LogP) is 4.45. The monoisotopic (exact) mass is 250 g/mol. The average molecular weight is 250 g/mol. The molecule has 0 aromatic heterocycles. The highest BCUT2D eigenvalue weighted by molar-refractivity contribution is 6.08. The SMILES string of the molecule is C/C(=C\CCc1ccccc1)C(=O)c1ccccc1. The molecule has 2 rings (SSSR count). The fraction of sp³-hybridized carbons (Fsp3) is 0.167. The number of Topliss-reactive ketones (excluding diaryl/α,β-unsaturated/α-hetero) is 1. The van der Waals surface area contributed by atoms with Crippen molar-refractivity contribution in [3.05, 3.63) is 83.4 Å². The van der Waals surface area contributed by atoms with Gasteiger partial charge in [0, 0.05) is 5.56 Å². The molecular weight excluding hydrogens is 232 g/mol. The molecule has 0 saturated heterocycles. The molecule has 19 heavy (non-hydrogen) atoms. The van der Waals surface area contributed by atoms with Crippen LogP contribution in [0.15, 0.2) is 72.3 Å². The van der Waals surface area contributed by atoms with E-state index in [0.717, 1.165) is 24.0 Å². The first-order chi connectivity index (χ1) is 9.27. The Hall–Kier alpha value is -2.15. The van der Waals surface area contributed by atoms with Crippen molar-refractivity contribution in [1.29, 1.82) is 0 Å². The zero-order valence-corrected chi connectivity index (χ0v) is 11.2. The van der Waals surface area contributed by atoms with Gasteiger partial charge in [-0.1, -0.05) is 66.7 Å². The number of aryl methyl sites for hydroxylation is 1. The molecule has 0 radical (unpaired) electrons. The third kappa shape index (κ3) is 3.92. The Labute approximate surface area is 114 Å². The summed E-state index contributed by atoms with van der Waals surface area (Å²) in [5.41, 5.74) is 2.89. The summed E-state index contributed by atoms with van der Waals surface area (Å²) in [5, 5.41) is 0. The van der Waals surface area contributed by atoms with E-state index in [1.165, 1.54) is 5.56 Å². The maximum atomic E-state index is 12.1. The summed E-state index contributed by atoms with van der Waals surface area (Å²) >= 11 is 0. The van der Waals surface area contributed by atoms with Gasteiger partial charge in [-0.25, -0.2) is 0 Å². The number of ketones is 1. The standard InChI is InChI=1S/C18H18O/c1-15(18(19)17-13-6-3-7-14-17)9-8-12-16-10-4-2-5-11-16/h2-7,9-11,13-14H,8,12H2,1H3/b15-9+. The fourth-order valence-electron chi connectivity index (χ4n) is 2.01. The summed E-state index contributed by atoms with van der Waals surface area (Å²) < 4.78 is 0. The van der Waals surface area contributed by atoms with Crippen LogP contribution < -0.4 is 0 Å². The average Bonchev–Trinajstić information content (AvgIpc) is 2.48. The Morgan fingerprint density at radius 2 is 1.53 bits per heavy atom. The molecular formula is C18H18O. The first kappa shape index (κ1) is 13.3. The van der Waals surface area contributed by atoms with Crippen LogP contribution in [-0.4, -0.2) is 5.78 Å². The molecule has 96 valence electrons. The second kappa shape index (κ2) is 6.69. The highest BCUT2D eigenvalue weighted by Gasteiger charge is 2.06. The van der Waals surface area contributed by atoms with Gasteiger partial charge in [0.25, 0.3) is 0 Å². The smallest absolute Gasteiger partial charge is 0.188 e. The summed E-state index contributed by atoms with van der Waals surface area (Å²) in [6.07, 6.45) is 3.90. The lowest BCUT2D eigenvalue weighted by Gasteiger charge is -2.02. The molecule has 0 amide bonds. The van der Waals surface area contributed by atoms with Gasteiger partial charge in [-0.05, 0) is 30.9 Å². The molecule has 2 aromatic carbocycles. The van der Waals surface area contributed by atoms with E-state index in [0.29, 0.717) is 0 Å². The third-order valence-corrected chi connectivity index (χ3v) is 3.12. The van der Waals surface area contributed by atoms with Gasteiger partial charge in [0.05, 0.1) is 0 Å². The van der Waals surface area contributed by atoms with Crippen molar-refractivity contribution in [2.75, 3.05) is 0 Å². The minimum atomic E-state index is 0.119. The molecule has 0 aliphatic carbocycles. The largest absolute Gasteiger partial charge is 0.289 e. The molecule has 0 unspecified atom stereocenters. The molecule has 0 spiro atoms. The Kier molecular flexibility index (Phi) is 4.68. The lowest BCUT2D eigenvalue weighted by Crippen LogP contribution is -2.00. The van der Waals surface area contributed by atoms with Gasteiger partial charge in [-0.3, -0.25) is 4.79 Å². The van der Waals surface area contributed by atoms with Crippen LogP contribution in [0.1, 0.15) is 29.3 Å². The van der Waals surface area contributed by atoms with Crippen molar-refractivity contribution in [2.24, 2.45) is 0 Å². The summed E-state index contributed by atoms with van der Waals surface area (Å²) in [7, 11) is 0. The van der Waals surface area contributed by atoms with Crippen molar-refractivity contribution in [3.63, 3.8) is 0 Å². The first-order valence-corrected chi connectivity index (χ1v) is 6.58. The van der Waals surface area contributed by atoms with Crippen LogP contribution >= 0.6 is 0 Å². The van der Waals surface area contributed by atoms with Gasteiger partial charge in [0.2, 0.25) is 0 Å². The Morgan fingerprint density at radius 3 is 2.16 bits per heavy atom. The predicted molar refractivity (Wildman–Crippen MR) is 79.3 cm³/mol. The van der Waals surface area contributed by atoms with Gasteiger partial charge >= 0.3 is 0 Å². The molecule has 0 saturated carbocycles. The number of allylic oxidation sites excluding steroid dienone is 2. The molecule has 2 aromatic rings. The normalized spacial score (nSPS) is 11.3. The molecule has 0 bridgehead atoms. The number of carbonyl (C=O) groups is 1. The summed E-state index contributed by atoms with van der Waals surface area (Å²) in [5.74, 6) is 0.119. The second-order valence-electron chi connectivity index (χ2n) is 4.61. The van der Waals surface area contributed by atoms with E-state index in [1.807, 2.05) is 61.5 Å². The van der Waals surface area contributed by atoms with Gasteiger partial charge in [-0.2, -0.15) is 0 Å². The Bertz CT molecular complexity index is 553. The lowest BCUT2D eigenvalue weighted by atomic mass is 10.0. The highest BCUT2D eigenvalue weighted by atomic mass is 16.1. The van der Waals surface area contributed by atoms with E-state index in [9.17, 15) is 4.79 Å². The van der Waals surface area contributed by atoms with Crippen molar-refractivity contribution < 1.29 is 4.79 Å². The van der Waals surface area contributed by atoms with Gasteiger partial charge in [-0.15, -0.1) is 0 Å². The zero-order chi connectivity index (χ0) is 13.5. The minimum Gasteiger partial charge on any atom is -0.289 e. The first-order valence-electron chi connectivity index (χ1n) is 6.58. The van der Waals surface area contributed by atoms with Crippen LogP contribution in [0.5, 0.6) is 0 Å². The molecule has 1 nitrogen and oxygen atoms in total. The maximum absolute atomic E-state index is 12.1. The maximum Gasteiger partial charge on any atom is 0.188 e.